The first-order valence-corrected chi connectivity index (χ1v) is 5.23. The number of hydrogen-bond donors (Lipinski definition) is 2. The predicted octanol–water partition coefficient (Wildman–Crippen LogP) is 1.51. The van der Waals surface area contributed by atoms with Gasteiger partial charge in [-0.05, 0) is 19.1 Å². The van der Waals surface area contributed by atoms with Gasteiger partial charge in [-0.25, -0.2) is 4.98 Å². The molecule has 0 saturated carbocycles. The van der Waals surface area contributed by atoms with Gasteiger partial charge in [0.15, 0.2) is 17.9 Å². The molecule has 2 aromatic rings. The molecule has 3 rings (SSSR count). The van der Waals surface area contributed by atoms with E-state index in [2.05, 4.69) is 20.6 Å². The number of hydrogen-bond acceptors (Lipinski definition) is 5. The molecule has 0 atom stereocenters. The first-order valence-electron chi connectivity index (χ1n) is 5.23. The van der Waals surface area contributed by atoms with Gasteiger partial charge in [-0.15, -0.1) is 0 Å². The number of nitrogens with zero attached hydrogens (tertiary/aromatic N) is 2. The number of oxazole rings is 1. The number of fused-ring (bicyclic) bond motifs is 1. The highest BCUT2D eigenvalue weighted by atomic mass is 16.3. The fraction of sp³-hybridized carbons (Fsp3) is 0.273. The summed E-state index contributed by atoms with van der Waals surface area (Å²) in [6.45, 7) is 3.74. The van der Waals surface area contributed by atoms with Crippen LogP contribution in [0.3, 0.4) is 0 Å². The monoisotopic (exact) mass is 216 g/mol. The minimum absolute atomic E-state index is 0.810. The van der Waals surface area contributed by atoms with Crippen LogP contribution < -0.4 is 10.6 Å². The molecular weight excluding hydrogens is 204 g/mol. The Bertz CT molecular complexity index is 558. The van der Waals surface area contributed by atoms with Gasteiger partial charge in [0.25, 0.3) is 0 Å². The standard InChI is InChI=1S/C11H12N4O/c1-7-8(15-11-12-4-5-13-11)2-3-9-10(7)14-6-16-9/h2-3,6H,4-5H2,1H3,(H2,12,13,15). The van der Waals surface area contributed by atoms with E-state index < -0.39 is 0 Å². The predicted molar refractivity (Wildman–Crippen MR) is 62.7 cm³/mol. The van der Waals surface area contributed by atoms with Crippen LogP contribution in [0.4, 0.5) is 5.69 Å². The Balaban J connectivity index is 1.99. The highest BCUT2D eigenvalue weighted by molar-refractivity contribution is 5.97. The molecule has 16 heavy (non-hydrogen) atoms. The summed E-state index contributed by atoms with van der Waals surface area (Å²) >= 11 is 0. The number of aryl methyl sites for hydroxylation is 1. The molecule has 0 fully saturated rings. The minimum Gasteiger partial charge on any atom is -0.443 e. The minimum atomic E-state index is 0.810. The van der Waals surface area contributed by atoms with Gasteiger partial charge in [0.05, 0.1) is 6.54 Å². The van der Waals surface area contributed by atoms with Crippen LogP contribution in [0.1, 0.15) is 5.56 Å². The third-order valence-corrected chi connectivity index (χ3v) is 2.68. The largest absolute Gasteiger partial charge is 0.443 e. The fourth-order valence-electron chi connectivity index (χ4n) is 1.81. The average molecular weight is 216 g/mol. The van der Waals surface area contributed by atoms with Crippen LogP contribution in [-0.2, 0) is 0 Å². The van der Waals surface area contributed by atoms with Crippen molar-refractivity contribution in [2.45, 2.75) is 6.92 Å². The Morgan fingerprint density at radius 1 is 1.44 bits per heavy atom. The molecule has 0 amide bonds. The van der Waals surface area contributed by atoms with Gasteiger partial charge < -0.3 is 15.1 Å². The number of aliphatic imine (C=N–C) groups is 1. The number of nitrogens with one attached hydrogen (secondary N) is 2. The van der Waals surface area contributed by atoms with E-state index in [4.69, 9.17) is 4.42 Å². The molecule has 82 valence electrons. The van der Waals surface area contributed by atoms with E-state index >= 15 is 0 Å². The lowest BCUT2D eigenvalue weighted by atomic mass is 10.1. The summed E-state index contributed by atoms with van der Waals surface area (Å²) in [5, 5.41) is 6.42. The van der Waals surface area contributed by atoms with Crippen molar-refractivity contribution >= 4 is 22.7 Å². The molecule has 0 aliphatic carbocycles. The van der Waals surface area contributed by atoms with Crippen molar-refractivity contribution in [3.8, 4) is 0 Å². The van der Waals surface area contributed by atoms with E-state index in [0.29, 0.717) is 0 Å². The molecule has 1 aromatic heterocycles. The maximum atomic E-state index is 5.24. The van der Waals surface area contributed by atoms with Crippen LogP contribution in [0.15, 0.2) is 27.9 Å². The quantitative estimate of drug-likeness (QED) is 0.758. The second-order valence-electron chi connectivity index (χ2n) is 3.72. The van der Waals surface area contributed by atoms with Gasteiger partial charge in [0, 0.05) is 17.8 Å². The van der Waals surface area contributed by atoms with E-state index in [1.807, 2.05) is 19.1 Å². The second-order valence-corrected chi connectivity index (χ2v) is 3.72. The van der Waals surface area contributed by atoms with Crippen molar-refractivity contribution in [3.05, 3.63) is 24.1 Å². The first kappa shape index (κ1) is 9.21. The van der Waals surface area contributed by atoms with Crippen LogP contribution in [0.2, 0.25) is 0 Å². The van der Waals surface area contributed by atoms with Gasteiger partial charge >= 0.3 is 0 Å². The van der Waals surface area contributed by atoms with E-state index in [9.17, 15) is 0 Å². The maximum Gasteiger partial charge on any atom is 0.195 e. The topological polar surface area (TPSA) is 62.5 Å². The fourth-order valence-corrected chi connectivity index (χ4v) is 1.81. The SMILES string of the molecule is Cc1c(NC2=NCCN2)ccc2ocnc12. The lowest BCUT2D eigenvalue weighted by Gasteiger charge is -2.09. The zero-order chi connectivity index (χ0) is 11.0. The molecule has 0 radical (unpaired) electrons. The second kappa shape index (κ2) is 3.52. The van der Waals surface area contributed by atoms with Gasteiger partial charge in [-0.3, -0.25) is 4.99 Å². The smallest absolute Gasteiger partial charge is 0.195 e. The summed E-state index contributed by atoms with van der Waals surface area (Å²) in [5.74, 6) is 0.825. The summed E-state index contributed by atoms with van der Waals surface area (Å²) in [4.78, 5) is 8.48. The van der Waals surface area contributed by atoms with Crippen molar-refractivity contribution in [1.29, 1.82) is 0 Å². The normalized spacial score (nSPS) is 14.9. The van der Waals surface area contributed by atoms with Crippen LogP contribution in [0, 0.1) is 6.92 Å². The molecule has 0 saturated heterocycles. The zero-order valence-corrected chi connectivity index (χ0v) is 8.95. The van der Waals surface area contributed by atoms with Crippen molar-refractivity contribution in [2.75, 3.05) is 18.4 Å². The summed E-state index contributed by atoms with van der Waals surface area (Å²) in [7, 11) is 0. The van der Waals surface area contributed by atoms with E-state index in [1.54, 1.807) is 0 Å². The van der Waals surface area contributed by atoms with Gasteiger partial charge in [-0.1, -0.05) is 0 Å². The number of anilines is 1. The third kappa shape index (κ3) is 1.41. The average Bonchev–Trinajstić information content (AvgIpc) is 2.93. The molecular formula is C11H12N4O. The number of guanidine groups is 1. The van der Waals surface area contributed by atoms with Crippen LogP contribution in [0.5, 0.6) is 0 Å². The van der Waals surface area contributed by atoms with Crippen molar-refractivity contribution in [1.82, 2.24) is 10.3 Å². The highest BCUT2D eigenvalue weighted by Gasteiger charge is 2.10. The molecule has 5 nitrogen and oxygen atoms in total. The lowest BCUT2D eigenvalue weighted by molar-refractivity contribution is 0.602. The molecule has 1 aliphatic heterocycles. The number of benzene rings is 1. The van der Waals surface area contributed by atoms with Gasteiger partial charge in [0.2, 0.25) is 0 Å². The Morgan fingerprint density at radius 3 is 3.19 bits per heavy atom. The van der Waals surface area contributed by atoms with Crippen LogP contribution >= 0.6 is 0 Å². The Labute approximate surface area is 92.6 Å². The molecule has 1 aliphatic rings. The van der Waals surface area contributed by atoms with Gasteiger partial charge in [-0.2, -0.15) is 0 Å². The van der Waals surface area contributed by atoms with Crippen molar-refractivity contribution in [2.24, 2.45) is 4.99 Å². The lowest BCUT2D eigenvalue weighted by Crippen LogP contribution is -2.26. The Morgan fingerprint density at radius 2 is 2.38 bits per heavy atom. The Kier molecular flexibility index (Phi) is 2.02. The summed E-state index contributed by atoms with van der Waals surface area (Å²) in [5.41, 5.74) is 3.78. The summed E-state index contributed by atoms with van der Waals surface area (Å²) in [6.07, 6.45) is 1.47. The van der Waals surface area contributed by atoms with E-state index in [1.165, 1.54) is 6.39 Å². The molecule has 1 aromatic carbocycles. The zero-order valence-electron chi connectivity index (χ0n) is 8.95. The van der Waals surface area contributed by atoms with Gasteiger partial charge in [0.1, 0.15) is 5.52 Å². The molecule has 0 spiro atoms. The van der Waals surface area contributed by atoms with E-state index in [0.717, 1.165) is 41.4 Å². The maximum absolute atomic E-state index is 5.24. The molecule has 0 unspecified atom stereocenters. The summed E-state index contributed by atoms with van der Waals surface area (Å²) in [6, 6.07) is 3.89. The van der Waals surface area contributed by atoms with Crippen LogP contribution in [-0.4, -0.2) is 24.0 Å². The molecule has 2 N–H and O–H groups in total. The molecule has 5 heteroatoms. The van der Waals surface area contributed by atoms with Crippen molar-refractivity contribution < 1.29 is 4.42 Å². The Hall–Kier alpha value is -2.04. The van der Waals surface area contributed by atoms with Crippen LogP contribution in [0.25, 0.3) is 11.1 Å². The molecule has 2 heterocycles. The number of rotatable bonds is 1. The first-order chi connectivity index (χ1) is 7.84. The number of aromatic nitrogens is 1. The van der Waals surface area contributed by atoms with Crippen molar-refractivity contribution in [3.63, 3.8) is 0 Å². The molecule has 0 bridgehead atoms. The third-order valence-electron chi connectivity index (χ3n) is 2.68. The van der Waals surface area contributed by atoms with E-state index in [-0.39, 0.29) is 0 Å². The highest BCUT2D eigenvalue weighted by Crippen LogP contribution is 2.24. The summed E-state index contributed by atoms with van der Waals surface area (Å²) < 4.78 is 5.24.